The third-order valence-corrected chi connectivity index (χ3v) is 4.89. The number of nitrogens with zero attached hydrogens (tertiary/aromatic N) is 1. The van der Waals surface area contributed by atoms with Crippen LogP contribution in [0, 0.1) is 0 Å². The van der Waals surface area contributed by atoms with Crippen molar-refractivity contribution in [1.82, 2.24) is 10.2 Å². The summed E-state index contributed by atoms with van der Waals surface area (Å²) in [5.74, 6) is 1.12. The lowest BCUT2D eigenvalue weighted by molar-refractivity contribution is -0.129. The van der Waals surface area contributed by atoms with Crippen molar-refractivity contribution in [3.05, 3.63) is 28.8 Å². The summed E-state index contributed by atoms with van der Waals surface area (Å²) in [6.07, 6.45) is 6.40. The molecule has 0 spiro atoms. The second kappa shape index (κ2) is 9.13. The molecule has 2 amide bonds. The van der Waals surface area contributed by atoms with Crippen LogP contribution in [0.15, 0.2) is 18.2 Å². The molecule has 0 bridgehead atoms. The van der Waals surface area contributed by atoms with E-state index in [0.717, 1.165) is 24.8 Å². The molecule has 27 heavy (non-hydrogen) atoms. The number of hydrogen-bond donors (Lipinski definition) is 1. The fourth-order valence-corrected chi connectivity index (χ4v) is 3.60. The quantitative estimate of drug-likeness (QED) is 0.782. The van der Waals surface area contributed by atoms with Gasteiger partial charge in [0.05, 0.1) is 5.02 Å². The first-order chi connectivity index (χ1) is 13.1. The van der Waals surface area contributed by atoms with Crippen LogP contribution in [-0.4, -0.2) is 49.1 Å². The maximum absolute atomic E-state index is 12.5. The molecule has 1 fully saturated rings. The van der Waals surface area contributed by atoms with Gasteiger partial charge in [-0.3, -0.25) is 9.59 Å². The molecule has 0 aromatic heterocycles. The molecule has 2 aliphatic rings. The summed E-state index contributed by atoms with van der Waals surface area (Å²) in [6, 6.07) is 3.59. The Bertz CT molecular complexity index is 735. The van der Waals surface area contributed by atoms with Crippen LogP contribution >= 0.6 is 11.6 Å². The number of hydrogen-bond acceptors (Lipinski definition) is 4. The molecule has 3 rings (SSSR count). The Hall–Kier alpha value is -2.21. The second-order valence-electron chi connectivity index (χ2n) is 6.80. The first kappa shape index (κ1) is 19.5. The van der Waals surface area contributed by atoms with Gasteiger partial charge in [-0.2, -0.15) is 0 Å². The van der Waals surface area contributed by atoms with Gasteiger partial charge in [0.15, 0.2) is 11.5 Å². The lowest BCUT2D eigenvalue weighted by Crippen LogP contribution is -2.49. The lowest BCUT2D eigenvalue weighted by Gasteiger charge is -2.32. The number of nitrogens with one attached hydrogen (secondary N) is 1. The zero-order valence-electron chi connectivity index (χ0n) is 15.5. The van der Waals surface area contributed by atoms with Crippen LogP contribution in [0.5, 0.6) is 11.5 Å². The maximum Gasteiger partial charge on any atom is 0.246 e. The SMILES string of the molecule is CCCC(=O)NC1CCCN(C(=O)/C=C/c2cc(Cl)c3c(c2)OCCO3)C1. The van der Waals surface area contributed by atoms with Crippen LogP contribution in [0.1, 0.15) is 38.2 Å². The van der Waals surface area contributed by atoms with Crippen LogP contribution in [0.25, 0.3) is 6.08 Å². The molecule has 1 atom stereocenters. The molecule has 146 valence electrons. The first-order valence-electron chi connectivity index (χ1n) is 9.42. The molecular formula is C20H25ClN2O4. The number of halogens is 1. The van der Waals surface area contributed by atoms with E-state index in [2.05, 4.69) is 5.32 Å². The molecule has 2 aliphatic heterocycles. The van der Waals surface area contributed by atoms with Gasteiger partial charge in [-0.05, 0) is 43.0 Å². The van der Waals surface area contributed by atoms with Crippen LogP contribution in [-0.2, 0) is 9.59 Å². The number of piperidine rings is 1. The van der Waals surface area contributed by atoms with Crippen molar-refractivity contribution in [2.45, 2.75) is 38.6 Å². The van der Waals surface area contributed by atoms with Crippen molar-refractivity contribution in [2.75, 3.05) is 26.3 Å². The van der Waals surface area contributed by atoms with Crippen molar-refractivity contribution in [3.8, 4) is 11.5 Å². The van der Waals surface area contributed by atoms with E-state index in [9.17, 15) is 9.59 Å². The molecule has 6 nitrogen and oxygen atoms in total. The highest BCUT2D eigenvalue weighted by Crippen LogP contribution is 2.38. The summed E-state index contributed by atoms with van der Waals surface area (Å²) in [4.78, 5) is 26.1. The summed E-state index contributed by atoms with van der Waals surface area (Å²) in [7, 11) is 0. The Balaban J connectivity index is 1.61. The number of rotatable bonds is 5. The fraction of sp³-hybridized carbons (Fsp3) is 0.500. The van der Waals surface area contributed by atoms with Gasteiger partial charge in [-0.15, -0.1) is 0 Å². The van der Waals surface area contributed by atoms with Crippen molar-refractivity contribution in [3.63, 3.8) is 0 Å². The monoisotopic (exact) mass is 392 g/mol. The molecule has 1 unspecified atom stereocenters. The summed E-state index contributed by atoms with van der Waals surface area (Å²) < 4.78 is 11.1. The lowest BCUT2D eigenvalue weighted by atomic mass is 10.0. The molecule has 1 aromatic rings. The van der Waals surface area contributed by atoms with Crippen LogP contribution in [0.3, 0.4) is 0 Å². The predicted molar refractivity (Wildman–Crippen MR) is 104 cm³/mol. The number of ether oxygens (including phenoxy) is 2. The van der Waals surface area contributed by atoms with E-state index in [1.54, 1.807) is 17.0 Å². The van der Waals surface area contributed by atoms with Crippen molar-refractivity contribution >= 4 is 29.5 Å². The molecule has 1 saturated heterocycles. The summed E-state index contributed by atoms with van der Waals surface area (Å²) in [5, 5.41) is 3.48. The minimum absolute atomic E-state index is 0.0267. The van der Waals surface area contributed by atoms with Gasteiger partial charge in [0.1, 0.15) is 13.2 Å². The zero-order valence-corrected chi connectivity index (χ0v) is 16.3. The Morgan fingerprint density at radius 2 is 2.15 bits per heavy atom. The molecule has 0 aliphatic carbocycles. The molecule has 1 aromatic carbocycles. The second-order valence-corrected chi connectivity index (χ2v) is 7.21. The van der Waals surface area contributed by atoms with E-state index in [0.29, 0.717) is 49.2 Å². The number of likely N-dealkylation sites (tertiary alicyclic amines) is 1. The Morgan fingerprint density at radius 1 is 1.33 bits per heavy atom. The van der Waals surface area contributed by atoms with E-state index < -0.39 is 0 Å². The Morgan fingerprint density at radius 3 is 2.96 bits per heavy atom. The molecule has 7 heteroatoms. The van der Waals surface area contributed by atoms with Crippen molar-refractivity contribution in [2.24, 2.45) is 0 Å². The summed E-state index contributed by atoms with van der Waals surface area (Å²) in [5.41, 5.74) is 0.780. The molecule has 2 heterocycles. The Labute approximate surface area is 164 Å². The number of carbonyl (C=O) groups is 2. The normalized spacial score (nSPS) is 19.2. The highest BCUT2D eigenvalue weighted by Gasteiger charge is 2.23. The van der Waals surface area contributed by atoms with E-state index in [-0.39, 0.29) is 17.9 Å². The zero-order chi connectivity index (χ0) is 19.2. The minimum Gasteiger partial charge on any atom is -0.486 e. The van der Waals surface area contributed by atoms with E-state index in [4.69, 9.17) is 21.1 Å². The largest absolute Gasteiger partial charge is 0.486 e. The standard InChI is InChI=1S/C20H25ClN2O4/c1-2-4-18(24)22-15-5-3-8-23(13-15)19(25)7-6-14-11-16(21)20-17(12-14)26-9-10-27-20/h6-7,11-12,15H,2-5,8-10,13H2,1H3,(H,22,24)/b7-6+. The van der Waals surface area contributed by atoms with Gasteiger partial charge in [0.25, 0.3) is 0 Å². The molecule has 1 N–H and O–H groups in total. The van der Waals surface area contributed by atoms with Gasteiger partial charge in [0.2, 0.25) is 11.8 Å². The highest BCUT2D eigenvalue weighted by molar-refractivity contribution is 6.32. The van der Waals surface area contributed by atoms with Gasteiger partial charge < -0.3 is 19.7 Å². The number of carbonyl (C=O) groups excluding carboxylic acids is 2. The maximum atomic E-state index is 12.5. The molecule has 0 saturated carbocycles. The molecular weight excluding hydrogens is 368 g/mol. The van der Waals surface area contributed by atoms with Crippen molar-refractivity contribution in [1.29, 1.82) is 0 Å². The minimum atomic E-state index is -0.0737. The van der Waals surface area contributed by atoms with Crippen molar-refractivity contribution < 1.29 is 19.1 Å². The first-order valence-corrected chi connectivity index (χ1v) is 9.80. The summed E-state index contributed by atoms with van der Waals surface area (Å²) in [6.45, 7) is 4.18. The smallest absolute Gasteiger partial charge is 0.246 e. The van der Waals surface area contributed by atoms with Gasteiger partial charge in [-0.1, -0.05) is 18.5 Å². The van der Waals surface area contributed by atoms with Crippen LogP contribution in [0.2, 0.25) is 5.02 Å². The van der Waals surface area contributed by atoms with E-state index in [1.807, 2.05) is 13.0 Å². The van der Waals surface area contributed by atoms with Gasteiger partial charge in [-0.25, -0.2) is 0 Å². The average Bonchev–Trinajstić information content (AvgIpc) is 2.66. The van der Waals surface area contributed by atoms with Gasteiger partial charge >= 0.3 is 0 Å². The van der Waals surface area contributed by atoms with E-state index in [1.165, 1.54) is 6.08 Å². The summed E-state index contributed by atoms with van der Waals surface area (Å²) >= 11 is 6.23. The average molecular weight is 393 g/mol. The number of benzene rings is 1. The third kappa shape index (κ3) is 5.16. The van der Waals surface area contributed by atoms with Crippen LogP contribution in [0.4, 0.5) is 0 Å². The molecule has 0 radical (unpaired) electrons. The highest BCUT2D eigenvalue weighted by atomic mass is 35.5. The Kier molecular flexibility index (Phi) is 6.61. The topological polar surface area (TPSA) is 67.9 Å². The third-order valence-electron chi connectivity index (χ3n) is 4.61. The van der Waals surface area contributed by atoms with Gasteiger partial charge in [0, 0.05) is 31.6 Å². The van der Waals surface area contributed by atoms with Crippen LogP contribution < -0.4 is 14.8 Å². The predicted octanol–water partition coefficient (Wildman–Crippen LogP) is 3.03. The number of fused-ring (bicyclic) bond motifs is 1. The fourth-order valence-electron chi connectivity index (χ4n) is 3.32. The van der Waals surface area contributed by atoms with E-state index >= 15 is 0 Å². The number of amides is 2.